The molecule has 0 amide bonds. The third-order valence-corrected chi connectivity index (χ3v) is 4.44. The SMILES string of the molecule is CCCNc1nc(C2(C)CCCO2)nc(C(C)C)c1Br. The fourth-order valence-corrected chi connectivity index (χ4v) is 3.17. The van der Waals surface area contributed by atoms with E-state index in [0.717, 1.165) is 54.2 Å². The first-order valence-corrected chi connectivity index (χ1v) is 8.23. The van der Waals surface area contributed by atoms with Gasteiger partial charge in [-0.2, -0.15) is 0 Å². The first-order chi connectivity index (χ1) is 9.48. The third-order valence-electron chi connectivity index (χ3n) is 3.66. The Kier molecular flexibility index (Phi) is 5.02. The average molecular weight is 342 g/mol. The summed E-state index contributed by atoms with van der Waals surface area (Å²) in [7, 11) is 0. The van der Waals surface area contributed by atoms with Crippen molar-refractivity contribution in [2.24, 2.45) is 0 Å². The van der Waals surface area contributed by atoms with Crippen molar-refractivity contribution in [1.29, 1.82) is 0 Å². The number of halogens is 1. The molecule has 1 unspecified atom stereocenters. The molecule has 1 aromatic rings. The van der Waals surface area contributed by atoms with Gasteiger partial charge < -0.3 is 10.1 Å². The Bertz CT molecular complexity index is 470. The summed E-state index contributed by atoms with van der Waals surface area (Å²) in [4.78, 5) is 9.48. The van der Waals surface area contributed by atoms with Crippen LogP contribution in [0.3, 0.4) is 0 Å². The van der Waals surface area contributed by atoms with Crippen LogP contribution < -0.4 is 5.32 Å². The molecule has 1 saturated heterocycles. The molecule has 1 aromatic heterocycles. The summed E-state index contributed by atoms with van der Waals surface area (Å²) < 4.78 is 6.87. The van der Waals surface area contributed by atoms with Crippen molar-refractivity contribution in [2.45, 2.75) is 58.5 Å². The number of anilines is 1. The van der Waals surface area contributed by atoms with E-state index in [4.69, 9.17) is 14.7 Å². The summed E-state index contributed by atoms with van der Waals surface area (Å²) in [5, 5.41) is 3.39. The standard InChI is InChI=1S/C15H24BrN3O/c1-5-8-17-13-11(16)12(10(2)3)18-14(19-13)15(4)7-6-9-20-15/h10H,5-9H2,1-4H3,(H,17,18,19). The molecular formula is C15H24BrN3O. The number of aromatic nitrogens is 2. The molecule has 0 spiro atoms. The van der Waals surface area contributed by atoms with E-state index in [0.29, 0.717) is 5.92 Å². The lowest BCUT2D eigenvalue weighted by Crippen LogP contribution is -2.25. The Morgan fingerprint density at radius 1 is 1.40 bits per heavy atom. The van der Waals surface area contributed by atoms with Gasteiger partial charge in [-0.05, 0) is 48.0 Å². The Balaban J connectivity index is 2.44. The van der Waals surface area contributed by atoms with Crippen LogP contribution in [0.1, 0.15) is 64.4 Å². The Morgan fingerprint density at radius 3 is 2.70 bits per heavy atom. The Hall–Kier alpha value is -0.680. The molecule has 0 bridgehead atoms. The summed E-state index contributed by atoms with van der Waals surface area (Å²) >= 11 is 3.64. The van der Waals surface area contributed by atoms with Gasteiger partial charge in [0, 0.05) is 13.2 Å². The molecule has 112 valence electrons. The minimum atomic E-state index is -0.340. The van der Waals surface area contributed by atoms with Crippen LogP contribution in [-0.4, -0.2) is 23.1 Å². The van der Waals surface area contributed by atoms with E-state index in [9.17, 15) is 0 Å². The fourth-order valence-electron chi connectivity index (χ4n) is 2.40. The second-order valence-electron chi connectivity index (χ2n) is 5.86. The van der Waals surface area contributed by atoms with Gasteiger partial charge in [-0.15, -0.1) is 0 Å². The summed E-state index contributed by atoms with van der Waals surface area (Å²) in [6.07, 6.45) is 3.13. The van der Waals surface area contributed by atoms with Gasteiger partial charge in [0.05, 0.1) is 10.2 Å². The molecule has 5 heteroatoms. The summed E-state index contributed by atoms with van der Waals surface area (Å²) in [6.45, 7) is 10.2. The van der Waals surface area contributed by atoms with Crippen molar-refractivity contribution in [3.8, 4) is 0 Å². The van der Waals surface area contributed by atoms with Gasteiger partial charge in [0.15, 0.2) is 5.82 Å². The van der Waals surface area contributed by atoms with Gasteiger partial charge in [0.1, 0.15) is 11.4 Å². The molecule has 0 saturated carbocycles. The molecule has 20 heavy (non-hydrogen) atoms. The molecule has 0 aromatic carbocycles. The average Bonchev–Trinajstić information content (AvgIpc) is 2.85. The lowest BCUT2D eigenvalue weighted by Gasteiger charge is -2.24. The summed E-state index contributed by atoms with van der Waals surface area (Å²) in [5.74, 6) is 2.04. The number of ether oxygens (including phenoxy) is 1. The van der Waals surface area contributed by atoms with Gasteiger partial charge in [0.25, 0.3) is 0 Å². The topological polar surface area (TPSA) is 47.0 Å². The van der Waals surface area contributed by atoms with Crippen molar-refractivity contribution in [1.82, 2.24) is 9.97 Å². The first kappa shape index (κ1) is 15.7. The Labute approximate surface area is 129 Å². The van der Waals surface area contributed by atoms with Crippen molar-refractivity contribution in [2.75, 3.05) is 18.5 Å². The van der Waals surface area contributed by atoms with Crippen LogP contribution in [0.2, 0.25) is 0 Å². The normalized spacial score (nSPS) is 22.5. The summed E-state index contributed by atoms with van der Waals surface area (Å²) in [6, 6.07) is 0. The molecule has 2 heterocycles. The van der Waals surface area contributed by atoms with Gasteiger partial charge in [-0.3, -0.25) is 0 Å². The number of rotatable bonds is 5. The van der Waals surface area contributed by atoms with Crippen LogP contribution in [0.25, 0.3) is 0 Å². The highest BCUT2D eigenvalue weighted by molar-refractivity contribution is 9.10. The van der Waals surface area contributed by atoms with E-state index >= 15 is 0 Å². The van der Waals surface area contributed by atoms with E-state index in [2.05, 4.69) is 48.9 Å². The maximum absolute atomic E-state index is 5.89. The van der Waals surface area contributed by atoms with Gasteiger partial charge in [-0.25, -0.2) is 9.97 Å². The van der Waals surface area contributed by atoms with Gasteiger partial charge in [0.2, 0.25) is 0 Å². The maximum atomic E-state index is 5.89. The van der Waals surface area contributed by atoms with Crippen molar-refractivity contribution < 1.29 is 4.74 Å². The molecule has 1 atom stereocenters. The second kappa shape index (κ2) is 6.39. The minimum Gasteiger partial charge on any atom is -0.369 e. The highest BCUT2D eigenvalue weighted by atomic mass is 79.9. The lowest BCUT2D eigenvalue weighted by molar-refractivity contribution is 0.00920. The van der Waals surface area contributed by atoms with Crippen molar-refractivity contribution in [3.63, 3.8) is 0 Å². The van der Waals surface area contributed by atoms with Crippen LogP contribution >= 0.6 is 15.9 Å². The lowest BCUT2D eigenvalue weighted by atomic mass is 10.0. The predicted octanol–water partition coefficient (Wildman–Crippen LogP) is 4.21. The molecule has 1 fully saturated rings. The highest BCUT2D eigenvalue weighted by Crippen LogP contribution is 2.37. The maximum Gasteiger partial charge on any atom is 0.162 e. The third kappa shape index (κ3) is 3.14. The molecule has 0 aliphatic carbocycles. The highest BCUT2D eigenvalue weighted by Gasteiger charge is 2.36. The largest absolute Gasteiger partial charge is 0.369 e. The van der Waals surface area contributed by atoms with Crippen molar-refractivity contribution in [3.05, 3.63) is 16.0 Å². The first-order valence-electron chi connectivity index (χ1n) is 7.43. The quantitative estimate of drug-likeness (QED) is 0.871. The van der Waals surface area contributed by atoms with Gasteiger partial charge >= 0.3 is 0 Å². The molecule has 4 nitrogen and oxygen atoms in total. The van der Waals surface area contributed by atoms with Crippen LogP contribution in [0.15, 0.2) is 4.47 Å². The molecule has 2 rings (SSSR count). The summed E-state index contributed by atoms with van der Waals surface area (Å²) in [5.41, 5.74) is 0.706. The second-order valence-corrected chi connectivity index (χ2v) is 6.65. The van der Waals surface area contributed by atoms with Crippen LogP contribution in [0.5, 0.6) is 0 Å². The van der Waals surface area contributed by atoms with Crippen LogP contribution in [0, 0.1) is 0 Å². The molecule has 1 aliphatic heterocycles. The van der Waals surface area contributed by atoms with E-state index in [1.807, 2.05) is 0 Å². The van der Waals surface area contributed by atoms with E-state index < -0.39 is 0 Å². The van der Waals surface area contributed by atoms with Crippen LogP contribution in [0.4, 0.5) is 5.82 Å². The van der Waals surface area contributed by atoms with E-state index in [-0.39, 0.29) is 5.60 Å². The number of nitrogens with zero attached hydrogens (tertiary/aromatic N) is 2. The number of hydrogen-bond donors (Lipinski definition) is 1. The van der Waals surface area contributed by atoms with Crippen molar-refractivity contribution >= 4 is 21.7 Å². The zero-order chi connectivity index (χ0) is 14.8. The van der Waals surface area contributed by atoms with Crippen LogP contribution in [-0.2, 0) is 10.3 Å². The fraction of sp³-hybridized carbons (Fsp3) is 0.733. The zero-order valence-corrected chi connectivity index (χ0v) is 14.4. The molecule has 0 radical (unpaired) electrons. The van der Waals surface area contributed by atoms with E-state index in [1.165, 1.54) is 0 Å². The molecular weight excluding hydrogens is 318 g/mol. The van der Waals surface area contributed by atoms with E-state index in [1.54, 1.807) is 0 Å². The smallest absolute Gasteiger partial charge is 0.162 e. The zero-order valence-electron chi connectivity index (χ0n) is 12.8. The minimum absolute atomic E-state index is 0.340. The number of nitrogens with one attached hydrogen (secondary N) is 1. The number of hydrogen-bond acceptors (Lipinski definition) is 4. The monoisotopic (exact) mass is 341 g/mol. The molecule has 1 N–H and O–H groups in total. The van der Waals surface area contributed by atoms with Gasteiger partial charge in [-0.1, -0.05) is 20.8 Å². The predicted molar refractivity (Wildman–Crippen MR) is 85.1 cm³/mol. The molecule has 1 aliphatic rings. The Morgan fingerprint density at radius 2 is 2.15 bits per heavy atom.